The quantitative estimate of drug-likeness (QED) is 0.404. The molecule has 0 saturated carbocycles. The van der Waals surface area contributed by atoms with E-state index in [-0.39, 0.29) is 24.2 Å². The van der Waals surface area contributed by atoms with E-state index in [1.165, 1.54) is 7.11 Å². The second-order valence-electron chi connectivity index (χ2n) is 9.10. The van der Waals surface area contributed by atoms with Crippen LogP contribution in [0.2, 0.25) is 5.02 Å². The molecule has 9 heteroatoms. The Bertz CT molecular complexity index is 1530. The van der Waals surface area contributed by atoms with Crippen LogP contribution in [0, 0.1) is 0 Å². The number of benzene rings is 3. The van der Waals surface area contributed by atoms with Crippen LogP contribution in [0.15, 0.2) is 71.5 Å². The largest absolute Gasteiger partial charge is 0.465 e. The molecule has 1 aromatic heterocycles. The molecule has 0 atom stereocenters. The Morgan fingerprint density at radius 3 is 2.41 bits per heavy atom. The number of esters is 1. The lowest BCUT2D eigenvalue weighted by atomic mass is 10.1. The lowest BCUT2D eigenvalue weighted by molar-refractivity contribution is 0.0545. The number of methoxy groups -OCH3 is 1. The molecule has 8 nitrogen and oxygen atoms in total. The number of nitrogens with zero attached hydrogens (tertiary/aromatic N) is 3. The summed E-state index contributed by atoms with van der Waals surface area (Å²) in [5.74, 6) is -0.541. The summed E-state index contributed by atoms with van der Waals surface area (Å²) >= 11 is 6.29. The zero-order valence-corrected chi connectivity index (χ0v) is 21.0. The predicted octanol–water partition coefficient (Wildman–Crippen LogP) is 3.88. The fourth-order valence-corrected chi connectivity index (χ4v) is 4.90. The van der Waals surface area contributed by atoms with E-state index in [0.29, 0.717) is 58.8 Å². The van der Waals surface area contributed by atoms with Crippen LogP contribution in [0.1, 0.15) is 39.1 Å². The molecule has 0 unspecified atom stereocenters. The van der Waals surface area contributed by atoms with E-state index in [1.54, 1.807) is 74.7 Å². The van der Waals surface area contributed by atoms with Crippen LogP contribution < -0.4 is 5.69 Å². The van der Waals surface area contributed by atoms with E-state index in [1.807, 2.05) is 6.07 Å². The molecule has 1 saturated heterocycles. The normalized spacial score (nSPS) is 14.2. The van der Waals surface area contributed by atoms with E-state index >= 15 is 0 Å². The van der Waals surface area contributed by atoms with Gasteiger partial charge in [-0.15, -0.1) is 0 Å². The predicted molar refractivity (Wildman–Crippen MR) is 141 cm³/mol. The van der Waals surface area contributed by atoms with Gasteiger partial charge >= 0.3 is 11.7 Å². The topological polar surface area (TPSA) is 93.8 Å². The molecule has 0 radical (unpaired) electrons. The molecule has 1 N–H and O–H groups in total. The maximum Gasteiger partial charge on any atom is 0.337 e. The molecule has 5 rings (SSSR count). The number of aromatic nitrogens is 2. The molecule has 1 fully saturated rings. The Balaban J connectivity index is 1.51. The second kappa shape index (κ2) is 10.2. The van der Waals surface area contributed by atoms with Crippen molar-refractivity contribution in [2.24, 2.45) is 0 Å². The van der Waals surface area contributed by atoms with Crippen molar-refractivity contribution in [3.63, 3.8) is 0 Å². The number of halogens is 1. The first kappa shape index (κ1) is 24.8. The maximum atomic E-state index is 13.7. The monoisotopic (exact) mass is 519 g/mol. The van der Waals surface area contributed by atoms with Crippen molar-refractivity contribution in [1.29, 1.82) is 0 Å². The van der Waals surface area contributed by atoms with Crippen LogP contribution in [0.25, 0.3) is 16.7 Å². The minimum Gasteiger partial charge on any atom is -0.465 e. The number of amides is 1. The van der Waals surface area contributed by atoms with Gasteiger partial charge in [0.15, 0.2) is 0 Å². The first-order chi connectivity index (χ1) is 17.9. The van der Waals surface area contributed by atoms with Gasteiger partial charge in [-0.05, 0) is 73.0 Å². The van der Waals surface area contributed by atoms with Crippen molar-refractivity contribution >= 4 is 34.5 Å². The van der Waals surface area contributed by atoms with E-state index in [2.05, 4.69) is 0 Å². The number of likely N-dealkylation sites (tertiary alicyclic amines) is 1. The number of carbonyl (C=O) groups is 2. The number of hydrogen-bond acceptors (Lipinski definition) is 5. The average molecular weight is 520 g/mol. The highest BCUT2D eigenvalue weighted by molar-refractivity contribution is 6.31. The third-order valence-corrected chi connectivity index (χ3v) is 6.94. The van der Waals surface area contributed by atoms with Crippen molar-refractivity contribution in [2.45, 2.75) is 25.5 Å². The average Bonchev–Trinajstić information content (AvgIpc) is 3.18. The molecule has 37 heavy (non-hydrogen) atoms. The number of hydrogen-bond donors (Lipinski definition) is 1. The summed E-state index contributed by atoms with van der Waals surface area (Å²) in [6, 6.07) is 19.1. The van der Waals surface area contributed by atoms with Gasteiger partial charge in [-0.2, -0.15) is 0 Å². The zero-order chi connectivity index (χ0) is 26.1. The number of carbonyl (C=O) groups excluding carboxylic acids is 2. The van der Waals surface area contributed by atoms with E-state index in [9.17, 15) is 19.5 Å². The van der Waals surface area contributed by atoms with Crippen molar-refractivity contribution in [2.75, 3.05) is 20.2 Å². The number of aliphatic hydroxyl groups is 1. The molecule has 1 aliphatic heterocycles. The zero-order valence-electron chi connectivity index (χ0n) is 20.3. The van der Waals surface area contributed by atoms with Crippen LogP contribution in [0.5, 0.6) is 0 Å². The minimum absolute atomic E-state index is 0.0956. The number of ether oxygens (including phenoxy) is 1. The standard InChI is InChI=1S/C28H26ClN3O5/c1-37-27(35)20-4-2-3-18(15-20)17-31-24-10-7-21(29)16-25(24)32(28(31)36)22-8-5-19(6-9-22)26(34)30-13-11-23(33)12-14-30/h2-10,15-16,23,33H,11-14,17H2,1H3. The van der Waals surface area contributed by atoms with Crippen LogP contribution in [0.3, 0.4) is 0 Å². The fourth-order valence-electron chi connectivity index (χ4n) is 4.73. The summed E-state index contributed by atoms with van der Waals surface area (Å²) in [4.78, 5) is 40.3. The third-order valence-electron chi connectivity index (χ3n) is 6.70. The van der Waals surface area contributed by atoms with Crippen molar-refractivity contribution in [3.8, 4) is 5.69 Å². The highest BCUT2D eigenvalue weighted by atomic mass is 35.5. The minimum atomic E-state index is -0.446. The smallest absolute Gasteiger partial charge is 0.337 e. The summed E-state index contributed by atoms with van der Waals surface area (Å²) < 4.78 is 8.01. The van der Waals surface area contributed by atoms with Gasteiger partial charge in [0.2, 0.25) is 0 Å². The van der Waals surface area contributed by atoms with Gasteiger partial charge < -0.3 is 14.7 Å². The molecule has 190 valence electrons. The number of piperidine rings is 1. The Morgan fingerprint density at radius 2 is 1.70 bits per heavy atom. The Kier molecular flexibility index (Phi) is 6.86. The summed E-state index contributed by atoms with van der Waals surface area (Å²) in [6.07, 6.45) is 0.787. The van der Waals surface area contributed by atoms with E-state index < -0.39 is 5.97 Å². The van der Waals surface area contributed by atoms with Crippen LogP contribution in [-0.4, -0.2) is 57.3 Å². The van der Waals surface area contributed by atoms with Gasteiger partial charge in [0, 0.05) is 23.7 Å². The summed E-state index contributed by atoms with van der Waals surface area (Å²) in [5.41, 5.74) is 3.34. The number of fused-ring (bicyclic) bond motifs is 1. The highest BCUT2D eigenvalue weighted by Crippen LogP contribution is 2.24. The maximum absolute atomic E-state index is 13.7. The molecule has 1 aliphatic rings. The Labute approximate surface area is 218 Å². The van der Waals surface area contributed by atoms with Gasteiger partial charge in [0.05, 0.1) is 42.0 Å². The van der Waals surface area contributed by atoms with Gasteiger partial charge in [-0.3, -0.25) is 13.9 Å². The summed E-state index contributed by atoms with van der Waals surface area (Å²) in [7, 11) is 1.33. The van der Waals surface area contributed by atoms with Gasteiger partial charge in [-0.1, -0.05) is 23.7 Å². The van der Waals surface area contributed by atoms with E-state index in [0.717, 1.165) is 5.56 Å². The summed E-state index contributed by atoms with van der Waals surface area (Å²) in [6.45, 7) is 1.28. The first-order valence-corrected chi connectivity index (χ1v) is 12.4. The lowest BCUT2D eigenvalue weighted by Crippen LogP contribution is -2.40. The summed E-state index contributed by atoms with van der Waals surface area (Å²) in [5, 5.41) is 10.2. The molecule has 4 aromatic rings. The van der Waals surface area contributed by atoms with Crippen molar-refractivity contribution < 1.29 is 19.4 Å². The second-order valence-corrected chi connectivity index (χ2v) is 9.54. The number of rotatable bonds is 5. The molecular weight excluding hydrogens is 494 g/mol. The number of aliphatic hydroxyl groups excluding tert-OH is 1. The van der Waals surface area contributed by atoms with Crippen LogP contribution >= 0.6 is 11.6 Å². The molecule has 1 amide bonds. The molecule has 0 aliphatic carbocycles. The van der Waals surface area contributed by atoms with E-state index in [4.69, 9.17) is 16.3 Å². The molecular formula is C28H26ClN3O5. The number of imidazole rings is 1. The fraction of sp³-hybridized carbons (Fsp3) is 0.250. The van der Waals surface area contributed by atoms with Gasteiger partial charge in [0.1, 0.15) is 0 Å². The highest BCUT2D eigenvalue weighted by Gasteiger charge is 2.23. The molecule has 0 spiro atoms. The Hall–Kier alpha value is -3.88. The van der Waals surface area contributed by atoms with Crippen LogP contribution in [0.4, 0.5) is 0 Å². The SMILES string of the molecule is COC(=O)c1cccc(Cn2c(=O)n(-c3ccc(C(=O)N4CCC(O)CC4)cc3)c3cc(Cl)ccc32)c1. The first-order valence-electron chi connectivity index (χ1n) is 12.0. The third kappa shape index (κ3) is 4.90. The molecule has 0 bridgehead atoms. The Morgan fingerprint density at radius 1 is 0.973 bits per heavy atom. The van der Waals surface area contributed by atoms with Gasteiger partial charge in [0.25, 0.3) is 5.91 Å². The molecule has 2 heterocycles. The molecule has 3 aromatic carbocycles. The van der Waals surface area contributed by atoms with Crippen LogP contribution in [-0.2, 0) is 11.3 Å². The van der Waals surface area contributed by atoms with Crippen molar-refractivity contribution in [1.82, 2.24) is 14.0 Å². The van der Waals surface area contributed by atoms with Crippen molar-refractivity contribution in [3.05, 3.63) is 98.9 Å². The van der Waals surface area contributed by atoms with Gasteiger partial charge in [-0.25, -0.2) is 9.59 Å². The lowest BCUT2D eigenvalue weighted by Gasteiger charge is -2.29.